The largest absolute Gasteiger partial charge is 0.342 e. The van der Waals surface area contributed by atoms with Crippen molar-refractivity contribution in [1.82, 2.24) is 14.9 Å². The molecule has 2 aromatic carbocycles. The lowest BCUT2D eigenvalue weighted by atomic mass is 9.96. The van der Waals surface area contributed by atoms with E-state index in [0.29, 0.717) is 47.8 Å². The van der Waals surface area contributed by atoms with Crippen molar-refractivity contribution in [2.75, 3.05) is 18.4 Å². The summed E-state index contributed by atoms with van der Waals surface area (Å²) in [5.74, 6) is 0.149. The zero-order valence-corrected chi connectivity index (χ0v) is 18.6. The Bertz CT molecular complexity index is 1140. The molecule has 33 heavy (non-hydrogen) atoms. The normalized spacial score (nSPS) is 15.8. The van der Waals surface area contributed by atoms with Crippen molar-refractivity contribution in [2.45, 2.75) is 38.5 Å². The first-order valence-corrected chi connectivity index (χ1v) is 11.2. The summed E-state index contributed by atoms with van der Waals surface area (Å²) in [5, 5.41) is 2.85. The van der Waals surface area contributed by atoms with Crippen LogP contribution in [0, 0.1) is 12.7 Å². The van der Waals surface area contributed by atoms with Gasteiger partial charge in [-0.25, -0.2) is 14.4 Å². The number of nitrogens with zero attached hydrogens (tertiary/aromatic N) is 3. The number of piperidine rings is 1. The third-order valence-electron chi connectivity index (χ3n) is 5.98. The summed E-state index contributed by atoms with van der Waals surface area (Å²) in [6, 6.07) is 15.8. The van der Waals surface area contributed by atoms with Gasteiger partial charge in [-0.1, -0.05) is 36.4 Å². The van der Waals surface area contributed by atoms with Gasteiger partial charge in [-0.15, -0.1) is 0 Å². The van der Waals surface area contributed by atoms with Crippen molar-refractivity contribution in [3.8, 4) is 0 Å². The van der Waals surface area contributed by atoms with E-state index in [9.17, 15) is 14.0 Å². The monoisotopic (exact) mass is 446 g/mol. The predicted molar refractivity (Wildman–Crippen MR) is 124 cm³/mol. The highest BCUT2D eigenvalue weighted by Crippen LogP contribution is 2.26. The van der Waals surface area contributed by atoms with Crippen LogP contribution in [0.1, 0.15) is 52.6 Å². The zero-order chi connectivity index (χ0) is 23.2. The average Bonchev–Trinajstić information content (AvgIpc) is 2.84. The second-order valence-corrected chi connectivity index (χ2v) is 8.32. The van der Waals surface area contributed by atoms with E-state index < -0.39 is 0 Å². The van der Waals surface area contributed by atoms with Gasteiger partial charge in [0.25, 0.3) is 5.91 Å². The van der Waals surface area contributed by atoms with Gasteiger partial charge in [0, 0.05) is 37.3 Å². The number of aromatic nitrogens is 2. The number of likely N-dealkylation sites (tertiary alicyclic amines) is 1. The van der Waals surface area contributed by atoms with Crippen LogP contribution in [0.4, 0.5) is 10.1 Å². The molecule has 0 bridgehead atoms. The minimum Gasteiger partial charge on any atom is -0.342 e. The molecular formula is C26H27FN4O2. The molecule has 4 rings (SSSR count). The highest BCUT2D eigenvalue weighted by molar-refractivity contribution is 6.04. The van der Waals surface area contributed by atoms with Gasteiger partial charge < -0.3 is 10.2 Å². The van der Waals surface area contributed by atoms with E-state index in [4.69, 9.17) is 0 Å². The molecule has 1 aliphatic rings. The topological polar surface area (TPSA) is 75.2 Å². The molecule has 1 atom stereocenters. The van der Waals surface area contributed by atoms with Crippen LogP contribution in [0.25, 0.3) is 0 Å². The van der Waals surface area contributed by atoms with E-state index in [1.54, 1.807) is 31.3 Å². The average molecular weight is 447 g/mol. The Balaban J connectivity index is 1.38. The molecule has 0 saturated carbocycles. The molecule has 0 aliphatic carbocycles. The number of nitrogens with one attached hydrogen (secondary N) is 1. The summed E-state index contributed by atoms with van der Waals surface area (Å²) in [7, 11) is 0. The maximum absolute atomic E-state index is 13.8. The predicted octanol–water partition coefficient (Wildman–Crippen LogP) is 4.52. The number of hydrogen-bond acceptors (Lipinski definition) is 4. The minimum atomic E-state index is -0.276. The summed E-state index contributed by atoms with van der Waals surface area (Å²) in [6.45, 7) is 3.01. The summed E-state index contributed by atoms with van der Waals surface area (Å²) in [5.41, 5.74) is 2.30. The van der Waals surface area contributed by atoms with E-state index in [1.165, 1.54) is 6.07 Å². The molecule has 0 unspecified atom stereocenters. The second-order valence-electron chi connectivity index (χ2n) is 8.32. The third kappa shape index (κ3) is 5.61. The van der Waals surface area contributed by atoms with Gasteiger partial charge in [-0.05, 0) is 49.9 Å². The Labute approximate surface area is 192 Å². The zero-order valence-electron chi connectivity index (χ0n) is 18.6. The lowest BCUT2D eigenvalue weighted by molar-refractivity contribution is -0.132. The summed E-state index contributed by atoms with van der Waals surface area (Å²) >= 11 is 0. The lowest BCUT2D eigenvalue weighted by Gasteiger charge is -2.32. The number of rotatable bonds is 6. The molecule has 6 nitrogen and oxygen atoms in total. The van der Waals surface area contributed by atoms with Gasteiger partial charge in [-0.2, -0.15) is 0 Å². The van der Waals surface area contributed by atoms with Crippen LogP contribution in [0.2, 0.25) is 0 Å². The van der Waals surface area contributed by atoms with Crippen LogP contribution in [0.15, 0.2) is 60.8 Å². The Hall–Kier alpha value is -3.61. The quantitative estimate of drug-likeness (QED) is 0.604. The maximum atomic E-state index is 13.8. The van der Waals surface area contributed by atoms with Gasteiger partial charge in [0.2, 0.25) is 5.91 Å². The Morgan fingerprint density at radius 3 is 2.64 bits per heavy atom. The molecule has 3 aromatic rings. The number of aryl methyl sites for hydroxylation is 2. The first-order chi connectivity index (χ1) is 16.0. The summed E-state index contributed by atoms with van der Waals surface area (Å²) in [6.07, 6.45) is 3.95. The van der Waals surface area contributed by atoms with Gasteiger partial charge in [-0.3, -0.25) is 9.59 Å². The number of benzene rings is 2. The Morgan fingerprint density at radius 1 is 1.12 bits per heavy atom. The van der Waals surface area contributed by atoms with Crippen LogP contribution in [0.5, 0.6) is 0 Å². The molecular weight excluding hydrogens is 419 g/mol. The van der Waals surface area contributed by atoms with E-state index in [2.05, 4.69) is 15.3 Å². The van der Waals surface area contributed by atoms with Crippen molar-refractivity contribution < 1.29 is 14.0 Å². The van der Waals surface area contributed by atoms with Gasteiger partial charge in [0.1, 0.15) is 11.6 Å². The fourth-order valence-corrected chi connectivity index (χ4v) is 4.14. The van der Waals surface area contributed by atoms with Crippen LogP contribution in [-0.4, -0.2) is 39.8 Å². The molecule has 0 radical (unpaired) electrons. The molecule has 1 fully saturated rings. The summed E-state index contributed by atoms with van der Waals surface area (Å²) < 4.78 is 13.8. The van der Waals surface area contributed by atoms with E-state index >= 15 is 0 Å². The fraction of sp³-hybridized carbons (Fsp3) is 0.308. The second kappa shape index (κ2) is 10.3. The van der Waals surface area contributed by atoms with Crippen molar-refractivity contribution >= 4 is 17.5 Å². The Kier molecular flexibility index (Phi) is 7.07. The van der Waals surface area contributed by atoms with Crippen LogP contribution < -0.4 is 5.32 Å². The number of anilines is 1. The van der Waals surface area contributed by atoms with Gasteiger partial charge in [0.05, 0.1) is 11.3 Å². The standard InChI is InChI=1S/C26H27FN4O2/c1-18-22(26(33)30-21-10-3-2-4-11-21)16-28-25(29-18)20-9-7-15-31(17-20)24(32)14-13-19-8-5-6-12-23(19)27/h2-6,8,10-12,16,20H,7,9,13-15,17H2,1H3,(H,30,33)/t20-/m1/s1. The molecule has 2 amide bonds. The Morgan fingerprint density at radius 2 is 1.88 bits per heavy atom. The molecule has 1 aliphatic heterocycles. The van der Waals surface area contributed by atoms with E-state index in [1.807, 2.05) is 35.2 Å². The highest BCUT2D eigenvalue weighted by Gasteiger charge is 2.27. The number of para-hydroxylation sites is 1. The molecule has 170 valence electrons. The fourth-order valence-electron chi connectivity index (χ4n) is 4.14. The number of carbonyl (C=O) groups excluding carboxylic acids is 2. The van der Waals surface area contributed by atoms with Gasteiger partial charge in [0.15, 0.2) is 0 Å². The van der Waals surface area contributed by atoms with Crippen LogP contribution >= 0.6 is 0 Å². The number of halogens is 1. The SMILES string of the molecule is Cc1nc([C@@H]2CCCN(C(=O)CCc3ccccc3F)C2)ncc1C(=O)Nc1ccccc1. The molecule has 1 saturated heterocycles. The smallest absolute Gasteiger partial charge is 0.259 e. The minimum absolute atomic E-state index is 0.0125. The van der Waals surface area contributed by atoms with Crippen LogP contribution in [0.3, 0.4) is 0 Å². The van der Waals surface area contributed by atoms with Crippen molar-refractivity contribution in [2.24, 2.45) is 0 Å². The first kappa shape index (κ1) is 22.6. The maximum Gasteiger partial charge on any atom is 0.259 e. The van der Waals surface area contributed by atoms with E-state index in [-0.39, 0.29) is 30.0 Å². The van der Waals surface area contributed by atoms with Crippen molar-refractivity contribution in [3.05, 3.63) is 89.3 Å². The number of amides is 2. The van der Waals surface area contributed by atoms with Crippen molar-refractivity contribution in [1.29, 1.82) is 0 Å². The number of carbonyl (C=O) groups is 2. The molecule has 1 aromatic heterocycles. The van der Waals surface area contributed by atoms with Crippen molar-refractivity contribution in [3.63, 3.8) is 0 Å². The van der Waals surface area contributed by atoms with Crippen LogP contribution in [-0.2, 0) is 11.2 Å². The third-order valence-corrected chi connectivity index (χ3v) is 5.98. The van der Waals surface area contributed by atoms with Gasteiger partial charge >= 0.3 is 0 Å². The molecule has 0 spiro atoms. The molecule has 1 N–H and O–H groups in total. The van der Waals surface area contributed by atoms with E-state index in [0.717, 1.165) is 12.8 Å². The molecule has 2 heterocycles. The lowest BCUT2D eigenvalue weighted by Crippen LogP contribution is -2.39. The number of hydrogen-bond donors (Lipinski definition) is 1. The first-order valence-electron chi connectivity index (χ1n) is 11.2. The molecule has 7 heteroatoms. The summed E-state index contributed by atoms with van der Waals surface area (Å²) in [4.78, 5) is 36.2. The highest BCUT2D eigenvalue weighted by atomic mass is 19.1.